The van der Waals surface area contributed by atoms with Crippen molar-refractivity contribution in [3.05, 3.63) is 41.3 Å². The lowest BCUT2D eigenvalue weighted by Crippen LogP contribution is -2.41. The number of hydrogen-bond acceptors (Lipinski definition) is 4. The average molecular weight is 363 g/mol. The molecule has 1 aromatic heterocycles. The number of carbonyl (C=O) groups excluding carboxylic acids is 1. The van der Waals surface area contributed by atoms with Gasteiger partial charge in [-0.05, 0) is 39.3 Å². The van der Waals surface area contributed by atoms with E-state index >= 15 is 0 Å². The molecule has 0 unspecified atom stereocenters. The summed E-state index contributed by atoms with van der Waals surface area (Å²) < 4.78 is 33.1. The van der Waals surface area contributed by atoms with Crippen molar-refractivity contribution in [2.75, 3.05) is 6.54 Å². The molecule has 0 bridgehead atoms. The maximum absolute atomic E-state index is 14.0. The first kappa shape index (κ1) is 18.5. The second kappa shape index (κ2) is 7.53. The van der Waals surface area contributed by atoms with Crippen LogP contribution in [-0.4, -0.2) is 34.4 Å². The van der Waals surface area contributed by atoms with Gasteiger partial charge in [-0.15, -0.1) is 0 Å². The number of amides is 1. The van der Waals surface area contributed by atoms with Crippen LogP contribution in [0, 0.1) is 18.6 Å². The molecular weight excluding hydrogens is 340 g/mol. The van der Waals surface area contributed by atoms with Crippen molar-refractivity contribution in [2.24, 2.45) is 0 Å². The minimum Gasteiger partial charge on any atom is -0.441 e. The van der Waals surface area contributed by atoms with Gasteiger partial charge in [-0.2, -0.15) is 0 Å². The summed E-state index contributed by atoms with van der Waals surface area (Å²) in [5, 5.41) is 2.97. The van der Waals surface area contributed by atoms with Crippen LogP contribution in [-0.2, 0) is 11.3 Å². The summed E-state index contributed by atoms with van der Waals surface area (Å²) in [4.78, 5) is 18.0. The highest BCUT2D eigenvalue weighted by molar-refractivity contribution is 5.78. The highest BCUT2D eigenvalue weighted by Gasteiger charge is 2.26. The highest BCUT2D eigenvalue weighted by Crippen LogP contribution is 2.26. The smallest absolute Gasteiger partial charge is 0.229 e. The van der Waals surface area contributed by atoms with Crippen LogP contribution in [0.4, 0.5) is 8.78 Å². The molecule has 1 N–H and O–H groups in total. The Hall–Kier alpha value is -2.28. The van der Waals surface area contributed by atoms with Gasteiger partial charge in [0.2, 0.25) is 11.8 Å². The summed E-state index contributed by atoms with van der Waals surface area (Å²) in [6.45, 7) is 7.12. The Kier molecular flexibility index (Phi) is 5.36. The molecule has 0 spiro atoms. The van der Waals surface area contributed by atoms with Gasteiger partial charge in [0.25, 0.3) is 0 Å². The number of oxazole rings is 1. The zero-order chi connectivity index (χ0) is 18.8. The maximum atomic E-state index is 14.0. The molecule has 1 aromatic carbocycles. The van der Waals surface area contributed by atoms with Gasteiger partial charge in [0, 0.05) is 31.6 Å². The van der Waals surface area contributed by atoms with Crippen molar-refractivity contribution in [1.29, 1.82) is 0 Å². The molecule has 2 aromatic rings. The molecule has 1 aliphatic rings. The molecule has 0 saturated carbocycles. The van der Waals surface area contributed by atoms with E-state index in [1.54, 1.807) is 6.92 Å². The quantitative estimate of drug-likeness (QED) is 0.854. The van der Waals surface area contributed by atoms with Gasteiger partial charge >= 0.3 is 0 Å². The first-order chi connectivity index (χ1) is 12.3. The highest BCUT2D eigenvalue weighted by atomic mass is 19.2. The topological polar surface area (TPSA) is 58.4 Å². The molecule has 2 heterocycles. The molecule has 1 fully saturated rings. The van der Waals surface area contributed by atoms with Crippen LogP contribution in [0.2, 0.25) is 0 Å². The number of rotatable bonds is 6. The monoisotopic (exact) mass is 363 g/mol. The second-order valence-electron chi connectivity index (χ2n) is 6.95. The predicted molar refractivity (Wildman–Crippen MR) is 93.3 cm³/mol. The Morgan fingerprint density at radius 3 is 2.81 bits per heavy atom. The molecule has 0 radical (unpaired) electrons. The van der Waals surface area contributed by atoms with E-state index in [0.717, 1.165) is 12.5 Å². The summed E-state index contributed by atoms with van der Waals surface area (Å²) in [6.07, 6.45) is 1.38. The lowest BCUT2D eigenvalue weighted by molar-refractivity contribution is -0.119. The Labute approximate surface area is 151 Å². The van der Waals surface area contributed by atoms with Gasteiger partial charge in [0.05, 0.1) is 11.3 Å². The number of nitrogens with zero attached hydrogens (tertiary/aromatic N) is 2. The van der Waals surface area contributed by atoms with E-state index in [-0.39, 0.29) is 29.4 Å². The minimum atomic E-state index is -0.963. The zero-order valence-electron chi connectivity index (χ0n) is 15.2. The largest absolute Gasteiger partial charge is 0.441 e. The Balaban J connectivity index is 1.79. The zero-order valence-corrected chi connectivity index (χ0v) is 15.2. The third-order valence-corrected chi connectivity index (χ3v) is 4.70. The molecule has 140 valence electrons. The summed E-state index contributed by atoms with van der Waals surface area (Å²) in [5.74, 6) is -1.16. The van der Waals surface area contributed by atoms with E-state index in [4.69, 9.17) is 4.42 Å². The molecule has 1 amide bonds. The maximum Gasteiger partial charge on any atom is 0.229 e. The average Bonchev–Trinajstić information content (AvgIpc) is 3.15. The van der Waals surface area contributed by atoms with Crippen molar-refractivity contribution < 1.29 is 18.0 Å². The molecular formula is C19H23F2N3O2. The van der Waals surface area contributed by atoms with Gasteiger partial charge in [0.15, 0.2) is 11.6 Å². The van der Waals surface area contributed by atoms with Crippen molar-refractivity contribution in [1.82, 2.24) is 15.2 Å². The van der Waals surface area contributed by atoms with Crippen LogP contribution < -0.4 is 5.32 Å². The standard InChI is InChI=1S/C19H23F2N3O2/c1-11(2)24(9-13-7-8-17(25)22-13)10-16-12(3)26-19(23-16)14-5-4-6-15(20)18(14)21/h4-6,11,13H,7-10H2,1-3H3,(H,22,25)/t13-/m1/s1. The van der Waals surface area contributed by atoms with Crippen LogP contribution in [0.25, 0.3) is 11.5 Å². The van der Waals surface area contributed by atoms with E-state index in [1.165, 1.54) is 12.1 Å². The summed E-state index contributed by atoms with van der Waals surface area (Å²) in [7, 11) is 0. The first-order valence-electron chi connectivity index (χ1n) is 8.79. The summed E-state index contributed by atoms with van der Waals surface area (Å²) in [5.41, 5.74) is 0.695. The fourth-order valence-corrected chi connectivity index (χ4v) is 3.11. The van der Waals surface area contributed by atoms with E-state index in [2.05, 4.69) is 29.0 Å². The van der Waals surface area contributed by atoms with Gasteiger partial charge < -0.3 is 9.73 Å². The van der Waals surface area contributed by atoms with Crippen molar-refractivity contribution in [3.63, 3.8) is 0 Å². The fraction of sp³-hybridized carbons (Fsp3) is 0.474. The molecule has 0 aliphatic carbocycles. The molecule has 1 saturated heterocycles. The number of halogens is 2. The number of aryl methyl sites for hydroxylation is 1. The lowest BCUT2D eigenvalue weighted by Gasteiger charge is -2.28. The molecule has 5 nitrogen and oxygen atoms in total. The molecule has 1 atom stereocenters. The van der Waals surface area contributed by atoms with E-state index in [9.17, 15) is 13.6 Å². The molecule has 1 aliphatic heterocycles. The number of aromatic nitrogens is 1. The van der Waals surface area contributed by atoms with Crippen molar-refractivity contribution in [3.8, 4) is 11.5 Å². The summed E-state index contributed by atoms with van der Waals surface area (Å²) >= 11 is 0. The molecule has 3 rings (SSSR count). The van der Waals surface area contributed by atoms with Crippen molar-refractivity contribution in [2.45, 2.75) is 52.2 Å². The van der Waals surface area contributed by atoms with Gasteiger partial charge in [-0.1, -0.05) is 6.07 Å². The van der Waals surface area contributed by atoms with Crippen LogP contribution in [0.1, 0.15) is 38.1 Å². The Morgan fingerprint density at radius 1 is 1.38 bits per heavy atom. The number of carbonyl (C=O) groups is 1. The number of hydrogen-bond donors (Lipinski definition) is 1. The van der Waals surface area contributed by atoms with Gasteiger partial charge in [-0.3, -0.25) is 9.69 Å². The predicted octanol–water partition coefficient (Wildman–Crippen LogP) is 3.42. The second-order valence-corrected chi connectivity index (χ2v) is 6.95. The Bertz CT molecular complexity index is 804. The van der Waals surface area contributed by atoms with Crippen LogP contribution in [0.3, 0.4) is 0 Å². The fourth-order valence-electron chi connectivity index (χ4n) is 3.11. The van der Waals surface area contributed by atoms with E-state index in [0.29, 0.717) is 31.0 Å². The third kappa shape index (κ3) is 3.93. The first-order valence-corrected chi connectivity index (χ1v) is 8.79. The number of benzene rings is 1. The summed E-state index contributed by atoms with van der Waals surface area (Å²) in [6, 6.07) is 4.29. The SMILES string of the molecule is Cc1oc(-c2cccc(F)c2F)nc1CN(C[C@H]1CCC(=O)N1)C(C)C. The third-order valence-electron chi connectivity index (χ3n) is 4.70. The minimum absolute atomic E-state index is 0.0125. The van der Waals surface area contributed by atoms with Crippen LogP contribution >= 0.6 is 0 Å². The number of nitrogens with one attached hydrogen (secondary N) is 1. The van der Waals surface area contributed by atoms with Crippen LogP contribution in [0.5, 0.6) is 0 Å². The van der Waals surface area contributed by atoms with Gasteiger partial charge in [0.1, 0.15) is 5.76 Å². The normalized spacial score (nSPS) is 17.3. The molecule has 26 heavy (non-hydrogen) atoms. The van der Waals surface area contributed by atoms with E-state index in [1.807, 2.05) is 0 Å². The molecule has 7 heteroatoms. The Morgan fingerprint density at radius 2 is 2.15 bits per heavy atom. The van der Waals surface area contributed by atoms with Crippen molar-refractivity contribution >= 4 is 5.91 Å². The van der Waals surface area contributed by atoms with Gasteiger partial charge in [-0.25, -0.2) is 13.8 Å². The van der Waals surface area contributed by atoms with E-state index < -0.39 is 11.6 Å². The lowest BCUT2D eigenvalue weighted by atomic mass is 10.1. The van der Waals surface area contributed by atoms with Crippen LogP contribution in [0.15, 0.2) is 22.6 Å².